The fourth-order valence-electron chi connectivity index (χ4n) is 4.08. The lowest BCUT2D eigenvalue weighted by Crippen LogP contribution is -2.19. The van der Waals surface area contributed by atoms with Crippen molar-refractivity contribution in [3.63, 3.8) is 0 Å². The Hall–Kier alpha value is -2.46. The number of aryl methyl sites for hydroxylation is 3. The molecule has 1 aliphatic heterocycles. The van der Waals surface area contributed by atoms with Crippen LogP contribution in [-0.2, 0) is 22.9 Å². The summed E-state index contributed by atoms with van der Waals surface area (Å²) < 4.78 is 36.9. The van der Waals surface area contributed by atoms with Gasteiger partial charge < -0.3 is 8.83 Å². The molecule has 0 N–H and O–H groups in total. The van der Waals surface area contributed by atoms with E-state index in [1.807, 2.05) is 45.5 Å². The van der Waals surface area contributed by atoms with Crippen molar-refractivity contribution in [2.75, 3.05) is 18.6 Å². The number of sulfone groups is 1. The summed E-state index contributed by atoms with van der Waals surface area (Å²) >= 11 is 0. The van der Waals surface area contributed by atoms with E-state index in [1.165, 1.54) is 0 Å². The van der Waals surface area contributed by atoms with Crippen LogP contribution in [0.15, 0.2) is 14.9 Å². The van der Waals surface area contributed by atoms with Crippen molar-refractivity contribution in [1.29, 1.82) is 0 Å². The number of hydrogen-bond donors (Lipinski definition) is 0. The van der Waals surface area contributed by atoms with E-state index >= 15 is 0 Å². The fraction of sp³-hybridized carbons (Fsp3) is 0.550. The SMILES string of the molecule is Cc1cc(-c2nnc(CN(C)Cc3c(C)nn(C4CCS(=O)(=O)C4)c3C)o2)c(C)o1. The lowest BCUT2D eigenvalue weighted by molar-refractivity contribution is 0.281. The van der Waals surface area contributed by atoms with Gasteiger partial charge in [0.1, 0.15) is 11.5 Å². The van der Waals surface area contributed by atoms with Gasteiger partial charge in [0.05, 0.1) is 35.3 Å². The standard InChI is InChI=1S/C20H27N5O4S/c1-12-8-17(15(4)28-12)20-22-21-19(29-20)10-24(5)9-18-13(2)23-25(14(18)3)16-6-7-30(26,27)11-16/h8,16H,6-7,9-11H2,1-5H3. The predicted octanol–water partition coefficient (Wildman–Crippen LogP) is 2.75. The number of rotatable bonds is 6. The van der Waals surface area contributed by atoms with Crippen LogP contribution in [0.5, 0.6) is 0 Å². The molecule has 4 heterocycles. The van der Waals surface area contributed by atoms with Gasteiger partial charge in [0.15, 0.2) is 9.84 Å². The summed E-state index contributed by atoms with van der Waals surface area (Å²) in [4.78, 5) is 2.08. The summed E-state index contributed by atoms with van der Waals surface area (Å²) in [6.45, 7) is 8.86. The molecular formula is C20H27N5O4S. The van der Waals surface area contributed by atoms with Gasteiger partial charge in [0.25, 0.3) is 5.89 Å². The quantitative estimate of drug-likeness (QED) is 0.584. The number of nitrogens with zero attached hydrogens (tertiary/aromatic N) is 5. The highest BCUT2D eigenvalue weighted by Gasteiger charge is 2.31. The van der Waals surface area contributed by atoms with Gasteiger partial charge in [0.2, 0.25) is 5.89 Å². The van der Waals surface area contributed by atoms with E-state index in [9.17, 15) is 8.42 Å². The average molecular weight is 434 g/mol. The van der Waals surface area contributed by atoms with Crippen LogP contribution < -0.4 is 0 Å². The largest absolute Gasteiger partial charge is 0.466 e. The van der Waals surface area contributed by atoms with Crippen molar-refractivity contribution >= 4 is 9.84 Å². The highest BCUT2D eigenvalue weighted by Crippen LogP contribution is 2.28. The molecule has 1 fully saturated rings. The first-order chi connectivity index (χ1) is 14.1. The van der Waals surface area contributed by atoms with Gasteiger partial charge >= 0.3 is 0 Å². The van der Waals surface area contributed by atoms with Crippen LogP contribution in [0.1, 0.15) is 46.8 Å². The molecule has 1 aliphatic rings. The van der Waals surface area contributed by atoms with Gasteiger partial charge in [-0.2, -0.15) is 5.10 Å². The minimum atomic E-state index is -2.96. The molecule has 0 aromatic carbocycles. The van der Waals surface area contributed by atoms with Crippen molar-refractivity contribution < 1.29 is 17.3 Å². The predicted molar refractivity (Wildman–Crippen MR) is 111 cm³/mol. The molecule has 1 saturated heterocycles. The van der Waals surface area contributed by atoms with E-state index in [0.717, 1.165) is 34.0 Å². The Labute approximate surface area is 176 Å². The zero-order valence-corrected chi connectivity index (χ0v) is 18.8. The summed E-state index contributed by atoms with van der Waals surface area (Å²) in [5.41, 5.74) is 3.84. The van der Waals surface area contributed by atoms with E-state index in [-0.39, 0.29) is 17.5 Å². The van der Waals surface area contributed by atoms with E-state index in [4.69, 9.17) is 8.83 Å². The lowest BCUT2D eigenvalue weighted by atomic mass is 10.1. The molecule has 4 rings (SSSR count). The zero-order chi connectivity index (χ0) is 21.6. The van der Waals surface area contributed by atoms with Crippen LogP contribution in [0.25, 0.3) is 11.5 Å². The van der Waals surface area contributed by atoms with Crippen LogP contribution in [0.2, 0.25) is 0 Å². The minimum Gasteiger partial charge on any atom is -0.466 e. The first-order valence-corrected chi connectivity index (χ1v) is 11.8. The molecule has 162 valence electrons. The van der Waals surface area contributed by atoms with Crippen molar-refractivity contribution in [3.05, 3.63) is 40.4 Å². The second-order valence-electron chi connectivity index (χ2n) is 8.15. The second-order valence-corrected chi connectivity index (χ2v) is 10.4. The van der Waals surface area contributed by atoms with E-state index in [2.05, 4.69) is 20.2 Å². The Morgan fingerprint density at radius 3 is 2.57 bits per heavy atom. The fourth-order valence-corrected chi connectivity index (χ4v) is 5.77. The zero-order valence-electron chi connectivity index (χ0n) is 18.0. The molecule has 0 bridgehead atoms. The normalized spacial score (nSPS) is 18.5. The van der Waals surface area contributed by atoms with Crippen LogP contribution in [-0.4, -0.2) is 51.8 Å². The third-order valence-corrected chi connectivity index (χ3v) is 7.35. The molecule has 3 aromatic rings. The molecule has 30 heavy (non-hydrogen) atoms. The molecule has 10 heteroatoms. The smallest absolute Gasteiger partial charge is 0.251 e. The summed E-state index contributed by atoms with van der Waals surface area (Å²) in [5.74, 6) is 2.94. The third kappa shape index (κ3) is 4.06. The van der Waals surface area contributed by atoms with Gasteiger partial charge in [-0.25, -0.2) is 8.42 Å². The Kier molecular flexibility index (Phi) is 5.31. The van der Waals surface area contributed by atoms with Gasteiger partial charge in [-0.3, -0.25) is 9.58 Å². The minimum absolute atomic E-state index is 0.0760. The molecule has 3 aromatic heterocycles. The van der Waals surface area contributed by atoms with Gasteiger partial charge in [-0.05, 0) is 47.2 Å². The number of aromatic nitrogens is 4. The molecule has 9 nitrogen and oxygen atoms in total. The summed E-state index contributed by atoms with van der Waals surface area (Å²) in [7, 11) is -0.976. The maximum atomic E-state index is 11.8. The number of furan rings is 1. The van der Waals surface area contributed by atoms with Crippen molar-refractivity contribution in [2.24, 2.45) is 0 Å². The van der Waals surface area contributed by atoms with E-state index in [1.54, 1.807) is 0 Å². The number of hydrogen-bond acceptors (Lipinski definition) is 8. The average Bonchev–Trinajstić information content (AvgIpc) is 3.39. The molecule has 0 aliphatic carbocycles. The Balaban J connectivity index is 1.46. The molecular weight excluding hydrogens is 406 g/mol. The van der Waals surface area contributed by atoms with Crippen molar-refractivity contribution in [1.82, 2.24) is 24.9 Å². The maximum Gasteiger partial charge on any atom is 0.251 e. The Morgan fingerprint density at radius 2 is 1.93 bits per heavy atom. The van der Waals surface area contributed by atoms with Crippen molar-refractivity contribution in [2.45, 2.75) is 53.2 Å². The Bertz CT molecular complexity index is 1170. The molecule has 1 atom stereocenters. The van der Waals surface area contributed by atoms with E-state index < -0.39 is 9.84 Å². The lowest BCUT2D eigenvalue weighted by Gasteiger charge is -2.15. The first kappa shape index (κ1) is 20.8. The second kappa shape index (κ2) is 7.66. The van der Waals surface area contributed by atoms with Gasteiger partial charge in [-0.15, -0.1) is 10.2 Å². The summed E-state index contributed by atoms with van der Waals surface area (Å²) in [5, 5.41) is 13.0. The van der Waals surface area contributed by atoms with Crippen LogP contribution in [0.4, 0.5) is 0 Å². The van der Waals surface area contributed by atoms with Crippen LogP contribution in [0.3, 0.4) is 0 Å². The third-order valence-electron chi connectivity index (χ3n) is 5.60. The monoisotopic (exact) mass is 433 g/mol. The highest BCUT2D eigenvalue weighted by atomic mass is 32.2. The van der Waals surface area contributed by atoms with E-state index in [0.29, 0.717) is 31.3 Å². The molecule has 1 unspecified atom stereocenters. The van der Waals surface area contributed by atoms with Crippen molar-refractivity contribution in [3.8, 4) is 11.5 Å². The summed E-state index contributed by atoms with van der Waals surface area (Å²) in [6, 6.07) is 1.81. The topological polar surface area (TPSA) is 107 Å². The molecule has 0 amide bonds. The summed E-state index contributed by atoms with van der Waals surface area (Å²) in [6.07, 6.45) is 0.622. The molecule has 0 saturated carbocycles. The van der Waals surface area contributed by atoms with Gasteiger partial charge in [0, 0.05) is 17.8 Å². The van der Waals surface area contributed by atoms with Crippen LogP contribution >= 0.6 is 0 Å². The molecule has 0 radical (unpaired) electrons. The molecule has 0 spiro atoms. The first-order valence-electron chi connectivity index (χ1n) is 9.96. The van der Waals surface area contributed by atoms with Gasteiger partial charge in [-0.1, -0.05) is 0 Å². The Morgan fingerprint density at radius 1 is 1.17 bits per heavy atom. The van der Waals surface area contributed by atoms with Crippen LogP contribution in [0, 0.1) is 27.7 Å². The highest BCUT2D eigenvalue weighted by molar-refractivity contribution is 7.91. The maximum absolute atomic E-state index is 11.8.